The van der Waals surface area contributed by atoms with Crippen LogP contribution in [0.15, 0.2) is 30.5 Å². The Bertz CT molecular complexity index is 1060. The van der Waals surface area contributed by atoms with Crippen LogP contribution in [-0.4, -0.2) is 61.1 Å². The Hall–Kier alpha value is -2.44. The lowest BCUT2D eigenvalue weighted by molar-refractivity contribution is 0.0455. The molecule has 0 aromatic carbocycles. The Morgan fingerprint density at radius 1 is 1.00 bits per heavy atom. The highest BCUT2D eigenvalue weighted by atomic mass is 35.5. The normalized spacial score (nSPS) is 25.7. The Morgan fingerprint density at radius 3 is 2.56 bits per heavy atom. The lowest BCUT2D eigenvalue weighted by atomic mass is 9.82. The molecule has 9 heteroatoms. The van der Waals surface area contributed by atoms with Gasteiger partial charge in [-0.25, -0.2) is 9.97 Å². The van der Waals surface area contributed by atoms with Crippen LogP contribution in [0.5, 0.6) is 0 Å². The number of pyridine rings is 2. The van der Waals surface area contributed by atoms with Crippen LogP contribution in [-0.2, 0) is 9.47 Å². The quantitative estimate of drug-likeness (QED) is 0.472. The zero-order valence-electron chi connectivity index (χ0n) is 20.6. The number of ether oxygens (including phenoxy) is 2. The third-order valence-electron chi connectivity index (χ3n) is 7.66. The maximum absolute atomic E-state index is 9.73. The fourth-order valence-electron chi connectivity index (χ4n) is 5.36. The largest absolute Gasteiger partial charge is 0.381 e. The van der Waals surface area contributed by atoms with Crippen molar-refractivity contribution in [2.24, 2.45) is 5.41 Å². The van der Waals surface area contributed by atoms with Gasteiger partial charge in [0.05, 0.1) is 28.8 Å². The van der Waals surface area contributed by atoms with Gasteiger partial charge in [-0.05, 0) is 63.1 Å². The lowest BCUT2D eigenvalue weighted by Crippen LogP contribution is -2.42. The van der Waals surface area contributed by atoms with E-state index in [0.717, 1.165) is 81.1 Å². The minimum Gasteiger partial charge on any atom is -0.381 e. The Balaban J connectivity index is 1.20. The van der Waals surface area contributed by atoms with E-state index in [9.17, 15) is 5.26 Å². The Kier molecular flexibility index (Phi) is 8.22. The maximum atomic E-state index is 9.73. The van der Waals surface area contributed by atoms with E-state index in [4.69, 9.17) is 26.1 Å². The predicted molar refractivity (Wildman–Crippen MR) is 141 cm³/mol. The zero-order valence-corrected chi connectivity index (χ0v) is 21.4. The van der Waals surface area contributed by atoms with Gasteiger partial charge in [0.25, 0.3) is 0 Å². The first-order valence-electron chi connectivity index (χ1n) is 13.1. The summed E-state index contributed by atoms with van der Waals surface area (Å²) in [6.07, 6.45) is 8.79. The second kappa shape index (κ2) is 11.7. The molecule has 2 saturated heterocycles. The number of hydrogen-bond acceptors (Lipinski definition) is 8. The van der Waals surface area contributed by atoms with E-state index in [1.165, 1.54) is 0 Å². The van der Waals surface area contributed by atoms with Gasteiger partial charge in [0.2, 0.25) is 0 Å². The fraction of sp³-hybridized carbons (Fsp3) is 0.593. The monoisotopic (exact) mass is 510 g/mol. The van der Waals surface area contributed by atoms with E-state index >= 15 is 0 Å². The van der Waals surface area contributed by atoms with Crippen LogP contribution < -0.4 is 16.0 Å². The number of nitrogens with zero attached hydrogens (tertiary/aromatic N) is 3. The van der Waals surface area contributed by atoms with Gasteiger partial charge >= 0.3 is 0 Å². The molecule has 8 nitrogen and oxygen atoms in total. The molecule has 4 heterocycles. The van der Waals surface area contributed by atoms with Gasteiger partial charge in [0, 0.05) is 56.3 Å². The maximum Gasteiger partial charge on any atom is 0.126 e. The molecule has 0 bridgehead atoms. The average molecular weight is 511 g/mol. The van der Waals surface area contributed by atoms with E-state index in [1.807, 2.05) is 24.3 Å². The molecular formula is C27H35ClN6O2. The summed E-state index contributed by atoms with van der Waals surface area (Å²) < 4.78 is 10.9. The summed E-state index contributed by atoms with van der Waals surface area (Å²) >= 11 is 6.54. The van der Waals surface area contributed by atoms with Crippen molar-refractivity contribution in [2.45, 2.75) is 63.1 Å². The summed E-state index contributed by atoms with van der Waals surface area (Å²) in [5.74, 6) is 1.55. The van der Waals surface area contributed by atoms with E-state index < -0.39 is 5.41 Å². The SMILES string of the molecule is N#CC1(CNc2cccc(-c3cc(NC4CCC(N[C@H]5CCOC5)CC4)ncc3Cl)n2)CCOCC1. The summed E-state index contributed by atoms with van der Waals surface area (Å²) in [7, 11) is 0. The van der Waals surface area contributed by atoms with Gasteiger partial charge in [-0.1, -0.05) is 17.7 Å². The first-order valence-corrected chi connectivity index (χ1v) is 13.5. The molecule has 3 aliphatic rings. The van der Waals surface area contributed by atoms with Crippen LogP contribution in [0.1, 0.15) is 44.9 Å². The van der Waals surface area contributed by atoms with Gasteiger partial charge in [-0.15, -0.1) is 0 Å². The Morgan fingerprint density at radius 2 is 1.81 bits per heavy atom. The third kappa shape index (κ3) is 6.27. The summed E-state index contributed by atoms with van der Waals surface area (Å²) in [6, 6.07) is 11.8. The van der Waals surface area contributed by atoms with E-state index in [2.05, 4.69) is 27.0 Å². The Labute approximate surface area is 218 Å². The number of nitriles is 1. The van der Waals surface area contributed by atoms with Crippen LogP contribution in [0, 0.1) is 16.7 Å². The van der Waals surface area contributed by atoms with Crippen molar-refractivity contribution in [3.05, 3.63) is 35.5 Å². The van der Waals surface area contributed by atoms with Gasteiger partial charge in [0.1, 0.15) is 11.6 Å². The second-order valence-corrected chi connectivity index (χ2v) is 10.6. The topological polar surface area (TPSA) is 104 Å². The smallest absolute Gasteiger partial charge is 0.126 e. The van der Waals surface area contributed by atoms with Gasteiger partial charge in [0.15, 0.2) is 0 Å². The number of hydrogen-bond donors (Lipinski definition) is 3. The lowest BCUT2D eigenvalue weighted by Gasteiger charge is -2.31. The number of rotatable bonds is 8. The first kappa shape index (κ1) is 25.2. The van der Waals surface area contributed by atoms with Crippen molar-refractivity contribution >= 4 is 23.2 Å². The minimum absolute atomic E-state index is 0.395. The third-order valence-corrected chi connectivity index (χ3v) is 7.96. The van der Waals surface area contributed by atoms with Gasteiger partial charge in [-0.3, -0.25) is 0 Å². The van der Waals surface area contributed by atoms with Crippen molar-refractivity contribution < 1.29 is 9.47 Å². The molecule has 192 valence electrons. The van der Waals surface area contributed by atoms with E-state index in [-0.39, 0.29) is 0 Å². The second-order valence-electron chi connectivity index (χ2n) is 10.2. The highest BCUT2D eigenvalue weighted by Crippen LogP contribution is 2.32. The molecule has 36 heavy (non-hydrogen) atoms. The molecule has 1 aliphatic carbocycles. The highest BCUT2D eigenvalue weighted by Gasteiger charge is 2.32. The van der Waals surface area contributed by atoms with Crippen molar-refractivity contribution in [3.63, 3.8) is 0 Å². The number of halogens is 1. The molecule has 1 saturated carbocycles. The predicted octanol–water partition coefficient (Wildman–Crippen LogP) is 4.63. The number of anilines is 2. The molecule has 2 aliphatic heterocycles. The van der Waals surface area contributed by atoms with Crippen molar-refractivity contribution in [1.29, 1.82) is 5.26 Å². The van der Waals surface area contributed by atoms with E-state index in [1.54, 1.807) is 6.20 Å². The molecule has 0 spiro atoms. The van der Waals surface area contributed by atoms with Crippen molar-refractivity contribution in [2.75, 3.05) is 43.6 Å². The van der Waals surface area contributed by atoms with Crippen LogP contribution in [0.2, 0.25) is 5.02 Å². The average Bonchev–Trinajstić information content (AvgIpc) is 3.43. The van der Waals surface area contributed by atoms with Crippen molar-refractivity contribution in [3.8, 4) is 17.3 Å². The summed E-state index contributed by atoms with van der Waals surface area (Å²) in [5, 5.41) is 21.0. The molecule has 0 radical (unpaired) electrons. The first-order chi connectivity index (χ1) is 17.6. The molecular weight excluding hydrogens is 476 g/mol. The van der Waals surface area contributed by atoms with Crippen LogP contribution in [0.4, 0.5) is 11.6 Å². The molecule has 1 atom stereocenters. The summed E-state index contributed by atoms with van der Waals surface area (Å²) in [4.78, 5) is 9.32. The molecule has 5 rings (SSSR count). The molecule has 3 fully saturated rings. The number of nitrogens with one attached hydrogen (secondary N) is 3. The zero-order chi connectivity index (χ0) is 24.8. The number of aromatic nitrogens is 2. The van der Waals surface area contributed by atoms with Crippen LogP contribution in [0.3, 0.4) is 0 Å². The van der Waals surface area contributed by atoms with Crippen molar-refractivity contribution in [1.82, 2.24) is 15.3 Å². The van der Waals surface area contributed by atoms with E-state index in [0.29, 0.717) is 42.9 Å². The molecule has 2 aromatic rings. The molecule has 0 amide bonds. The standard InChI is InChI=1S/C27H35ClN6O2/c28-23-15-30-26(33-20-6-4-19(5-7-20)32-21-8-11-36-16-21)14-22(23)24-2-1-3-25(34-24)31-18-27(17-29)9-12-35-13-10-27/h1-3,14-15,19-21,32H,4-13,16,18H2,(H,30,33)(H,31,34)/t19?,20?,21-/m0/s1. The van der Waals surface area contributed by atoms with Crippen LogP contribution in [0.25, 0.3) is 11.3 Å². The molecule has 2 aromatic heterocycles. The summed E-state index contributed by atoms with van der Waals surface area (Å²) in [6.45, 7) is 3.51. The summed E-state index contributed by atoms with van der Waals surface area (Å²) in [5.41, 5.74) is 1.20. The van der Waals surface area contributed by atoms with Crippen LogP contribution >= 0.6 is 11.6 Å². The van der Waals surface area contributed by atoms with Gasteiger partial charge in [-0.2, -0.15) is 5.26 Å². The highest BCUT2D eigenvalue weighted by molar-refractivity contribution is 6.33. The van der Waals surface area contributed by atoms with Gasteiger partial charge < -0.3 is 25.4 Å². The molecule has 3 N–H and O–H groups in total. The minimum atomic E-state index is -0.416. The fourth-order valence-corrected chi connectivity index (χ4v) is 5.56. The molecule has 0 unspecified atom stereocenters.